The van der Waals surface area contributed by atoms with Crippen LogP contribution in [0.4, 0.5) is 5.69 Å². The summed E-state index contributed by atoms with van der Waals surface area (Å²) < 4.78 is 11.1. The van der Waals surface area contributed by atoms with Crippen LogP contribution in [0.3, 0.4) is 0 Å². The maximum atomic E-state index is 12.2. The van der Waals surface area contributed by atoms with Crippen molar-refractivity contribution in [3.63, 3.8) is 0 Å². The van der Waals surface area contributed by atoms with Gasteiger partial charge in [-0.25, -0.2) is 0 Å². The van der Waals surface area contributed by atoms with Crippen molar-refractivity contribution >= 4 is 11.6 Å². The van der Waals surface area contributed by atoms with Crippen LogP contribution in [-0.4, -0.2) is 31.3 Å². The highest BCUT2D eigenvalue weighted by molar-refractivity contribution is 5.95. The molecule has 1 amide bonds. The van der Waals surface area contributed by atoms with E-state index < -0.39 is 6.10 Å². The molecule has 0 radical (unpaired) electrons. The molecule has 1 aliphatic rings. The van der Waals surface area contributed by atoms with Crippen molar-refractivity contribution < 1.29 is 14.3 Å². The van der Waals surface area contributed by atoms with E-state index in [1.807, 2.05) is 32.0 Å². The number of nitrogens with two attached hydrogens (primary N) is 1. The summed E-state index contributed by atoms with van der Waals surface area (Å²) in [7, 11) is 0. The molecule has 1 aromatic carbocycles. The van der Waals surface area contributed by atoms with Gasteiger partial charge in [0.2, 0.25) is 0 Å². The zero-order chi connectivity index (χ0) is 14.5. The third-order valence-electron chi connectivity index (χ3n) is 3.36. The Kier molecular flexibility index (Phi) is 4.98. The third kappa shape index (κ3) is 3.49. The lowest BCUT2D eigenvalue weighted by Gasteiger charge is -2.15. The number of hydrogen-bond donors (Lipinski definition) is 2. The molecule has 1 saturated heterocycles. The Morgan fingerprint density at radius 3 is 2.95 bits per heavy atom. The summed E-state index contributed by atoms with van der Waals surface area (Å²) >= 11 is 0. The van der Waals surface area contributed by atoms with E-state index in [2.05, 4.69) is 5.32 Å². The maximum absolute atomic E-state index is 12.2. The summed E-state index contributed by atoms with van der Waals surface area (Å²) in [5.74, 6) is 0.556. The van der Waals surface area contributed by atoms with E-state index in [-0.39, 0.29) is 12.0 Å². The number of ether oxygens (including phenoxy) is 2. The molecular formula is C15H22N2O3. The van der Waals surface area contributed by atoms with Gasteiger partial charge < -0.3 is 20.5 Å². The van der Waals surface area contributed by atoms with Crippen LogP contribution in [0.1, 0.15) is 25.3 Å². The highest BCUT2D eigenvalue weighted by Gasteiger charge is 2.30. The minimum atomic E-state index is -0.417. The summed E-state index contributed by atoms with van der Waals surface area (Å²) in [5.41, 5.74) is 7.32. The molecule has 2 rings (SSSR count). The van der Waals surface area contributed by atoms with Gasteiger partial charge in [0.05, 0.1) is 18.4 Å². The van der Waals surface area contributed by atoms with E-state index in [1.165, 1.54) is 0 Å². The van der Waals surface area contributed by atoms with Crippen molar-refractivity contribution in [2.45, 2.75) is 38.9 Å². The van der Waals surface area contributed by atoms with Crippen molar-refractivity contribution in [1.82, 2.24) is 0 Å². The molecule has 5 heteroatoms. The quantitative estimate of drug-likeness (QED) is 0.862. The molecular weight excluding hydrogens is 256 g/mol. The van der Waals surface area contributed by atoms with Gasteiger partial charge in [0, 0.05) is 6.54 Å². The molecule has 2 atom stereocenters. The molecule has 1 heterocycles. The van der Waals surface area contributed by atoms with E-state index in [4.69, 9.17) is 15.2 Å². The summed E-state index contributed by atoms with van der Waals surface area (Å²) in [6, 6.07) is 5.71. The van der Waals surface area contributed by atoms with Crippen molar-refractivity contribution in [2.24, 2.45) is 5.73 Å². The lowest BCUT2D eigenvalue weighted by atomic mass is 10.1. The Morgan fingerprint density at radius 2 is 2.30 bits per heavy atom. The van der Waals surface area contributed by atoms with Gasteiger partial charge in [-0.2, -0.15) is 0 Å². The second-order valence-electron chi connectivity index (χ2n) is 4.98. The summed E-state index contributed by atoms with van der Waals surface area (Å²) in [5, 5.41) is 2.88. The standard InChI is InChI=1S/C15H22N2O3/c1-3-19-14-8-10(2)4-6-12(14)17-15(18)13-7-5-11(9-16)20-13/h4,6,8,11,13H,3,5,7,9,16H2,1-2H3,(H,17,18)/t11-,13+/m1/s1. The first-order valence-electron chi connectivity index (χ1n) is 7.04. The molecule has 3 N–H and O–H groups in total. The van der Waals surface area contributed by atoms with Crippen LogP contribution >= 0.6 is 0 Å². The molecule has 0 spiro atoms. The second-order valence-corrected chi connectivity index (χ2v) is 4.98. The zero-order valence-electron chi connectivity index (χ0n) is 12.0. The number of carbonyl (C=O) groups excluding carboxylic acids is 1. The van der Waals surface area contributed by atoms with Gasteiger partial charge >= 0.3 is 0 Å². The number of aryl methyl sites for hydroxylation is 1. The number of carbonyl (C=O) groups is 1. The van der Waals surface area contributed by atoms with Gasteiger partial charge in [-0.3, -0.25) is 4.79 Å². The van der Waals surface area contributed by atoms with E-state index >= 15 is 0 Å². The Balaban J connectivity index is 2.04. The first-order chi connectivity index (χ1) is 9.63. The topological polar surface area (TPSA) is 73.6 Å². The van der Waals surface area contributed by atoms with Crippen molar-refractivity contribution in [3.8, 4) is 5.75 Å². The van der Waals surface area contributed by atoms with Crippen LogP contribution in [-0.2, 0) is 9.53 Å². The third-order valence-corrected chi connectivity index (χ3v) is 3.36. The fourth-order valence-electron chi connectivity index (χ4n) is 2.29. The van der Waals surface area contributed by atoms with E-state index in [1.54, 1.807) is 0 Å². The van der Waals surface area contributed by atoms with E-state index in [0.717, 1.165) is 12.0 Å². The largest absolute Gasteiger partial charge is 0.492 e. The Morgan fingerprint density at radius 1 is 1.50 bits per heavy atom. The summed E-state index contributed by atoms with van der Waals surface area (Å²) in [6.07, 6.45) is 1.12. The molecule has 20 heavy (non-hydrogen) atoms. The van der Waals surface area contributed by atoms with Crippen LogP contribution < -0.4 is 15.8 Å². The lowest BCUT2D eigenvalue weighted by molar-refractivity contribution is -0.126. The molecule has 1 fully saturated rings. The monoisotopic (exact) mass is 278 g/mol. The van der Waals surface area contributed by atoms with E-state index in [9.17, 15) is 4.79 Å². The first kappa shape index (κ1) is 14.8. The summed E-state index contributed by atoms with van der Waals surface area (Å²) in [6.45, 7) is 4.92. The molecule has 110 valence electrons. The molecule has 5 nitrogen and oxygen atoms in total. The molecule has 0 aliphatic carbocycles. The highest BCUT2D eigenvalue weighted by Crippen LogP contribution is 2.27. The van der Waals surface area contributed by atoms with Gasteiger partial charge in [-0.1, -0.05) is 6.07 Å². The van der Waals surface area contributed by atoms with Crippen LogP contribution in [0, 0.1) is 6.92 Å². The second kappa shape index (κ2) is 6.72. The van der Waals surface area contributed by atoms with Crippen LogP contribution in [0.15, 0.2) is 18.2 Å². The molecule has 0 saturated carbocycles. The number of anilines is 1. The first-order valence-corrected chi connectivity index (χ1v) is 7.04. The van der Waals surface area contributed by atoms with Gasteiger partial charge in [0.15, 0.2) is 0 Å². The number of nitrogens with one attached hydrogen (secondary N) is 1. The molecule has 0 bridgehead atoms. The minimum Gasteiger partial charge on any atom is -0.492 e. The van der Waals surface area contributed by atoms with Crippen LogP contribution in [0.5, 0.6) is 5.75 Å². The Bertz CT molecular complexity index is 476. The fourth-order valence-corrected chi connectivity index (χ4v) is 2.29. The van der Waals surface area contributed by atoms with Gasteiger partial charge in [-0.05, 0) is 44.4 Å². The molecule has 1 aliphatic heterocycles. The minimum absolute atomic E-state index is 0.00451. The van der Waals surface area contributed by atoms with Crippen molar-refractivity contribution in [2.75, 3.05) is 18.5 Å². The molecule has 0 unspecified atom stereocenters. The maximum Gasteiger partial charge on any atom is 0.253 e. The Hall–Kier alpha value is -1.59. The van der Waals surface area contributed by atoms with E-state index in [0.29, 0.717) is 31.0 Å². The zero-order valence-corrected chi connectivity index (χ0v) is 12.0. The lowest BCUT2D eigenvalue weighted by Crippen LogP contribution is -2.30. The molecule has 1 aromatic rings. The average Bonchev–Trinajstić information content (AvgIpc) is 2.91. The number of benzene rings is 1. The SMILES string of the molecule is CCOc1cc(C)ccc1NC(=O)[C@@H]1CC[C@H](CN)O1. The number of rotatable bonds is 5. The summed E-state index contributed by atoms with van der Waals surface area (Å²) in [4.78, 5) is 12.2. The van der Waals surface area contributed by atoms with Crippen molar-refractivity contribution in [3.05, 3.63) is 23.8 Å². The Labute approximate surface area is 119 Å². The van der Waals surface area contributed by atoms with Gasteiger partial charge in [-0.15, -0.1) is 0 Å². The normalized spacial score (nSPS) is 21.8. The fraction of sp³-hybridized carbons (Fsp3) is 0.533. The average molecular weight is 278 g/mol. The highest BCUT2D eigenvalue weighted by atomic mass is 16.5. The number of hydrogen-bond acceptors (Lipinski definition) is 4. The smallest absolute Gasteiger partial charge is 0.253 e. The van der Waals surface area contributed by atoms with Crippen molar-refractivity contribution in [1.29, 1.82) is 0 Å². The predicted octanol–water partition coefficient (Wildman–Crippen LogP) is 1.84. The predicted molar refractivity (Wildman–Crippen MR) is 77.9 cm³/mol. The number of amides is 1. The molecule has 0 aromatic heterocycles. The van der Waals surface area contributed by atoms with Gasteiger partial charge in [0.25, 0.3) is 5.91 Å². The van der Waals surface area contributed by atoms with Crippen LogP contribution in [0.25, 0.3) is 0 Å². The van der Waals surface area contributed by atoms with Gasteiger partial charge in [0.1, 0.15) is 11.9 Å². The van der Waals surface area contributed by atoms with Crippen LogP contribution in [0.2, 0.25) is 0 Å².